The summed E-state index contributed by atoms with van der Waals surface area (Å²) < 4.78 is 37.6. The maximum atomic E-state index is 13.0. The molecule has 1 saturated carbocycles. The van der Waals surface area contributed by atoms with Crippen LogP contribution in [0.4, 0.5) is 0 Å². The molecule has 0 spiro atoms. The number of rotatable bonds is 5. The van der Waals surface area contributed by atoms with Crippen molar-refractivity contribution >= 4 is 15.7 Å². The highest BCUT2D eigenvalue weighted by atomic mass is 32.2. The lowest BCUT2D eigenvalue weighted by molar-refractivity contribution is 0.119. The molecule has 5 rings (SSSR count). The van der Waals surface area contributed by atoms with E-state index >= 15 is 0 Å². The smallest absolute Gasteiger partial charge is 0.315 e. The van der Waals surface area contributed by atoms with Gasteiger partial charge in [0.15, 0.2) is 0 Å². The van der Waals surface area contributed by atoms with Crippen LogP contribution in [0.3, 0.4) is 0 Å². The maximum Gasteiger partial charge on any atom is 0.315 e. The molecule has 2 aromatic carbocycles. The zero-order valence-corrected chi connectivity index (χ0v) is 16.2. The van der Waals surface area contributed by atoms with E-state index < -0.39 is 21.5 Å². The normalized spacial score (nSPS) is 27.0. The summed E-state index contributed by atoms with van der Waals surface area (Å²) in [5.74, 6) is 1.43. The Labute approximate surface area is 171 Å². The Bertz CT molecular complexity index is 1020. The number of para-hydroxylation sites is 1. The molecule has 6 heteroatoms. The second kappa shape index (κ2) is 7.18. The van der Waals surface area contributed by atoms with E-state index in [0.717, 1.165) is 22.6 Å². The average Bonchev–Trinajstić information content (AvgIpc) is 3.45. The molecule has 2 aliphatic heterocycles. The summed E-state index contributed by atoms with van der Waals surface area (Å²) in [4.78, 5) is 0. The van der Waals surface area contributed by atoms with Crippen LogP contribution in [0.1, 0.15) is 12.0 Å². The predicted octanol–water partition coefficient (Wildman–Crippen LogP) is 3.50. The summed E-state index contributed by atoms with van der Waals surface area (Å²) in [6, 6.07) is 15.5. The van der Waals surface area contributed by atoms with Gasteiger partial charge in [0.25, 0.3) is 0 Å². The first-order valence-corrected chi connectivity index (χ1v) is 10.9. The van der Waals surface area contributed by atoms with Crippen molar-refractivity contribution in [3.05, 3.63) is 97.3 Å². The molecule has 5 nitrogen and oxygen atoms in total. The molecule has 0 amide bonds. The van der Waals surface area contributed by atoms with E-state index in [0.29, 0.717) is 12.2 Å². The number of fused-ring (bicyclic) bond motifs is 2. The number of phenols is 1. The Balaban J connectivity index is 1.51. The molecule has 2 heterocycles. The molecular weight excluding hydrogens is 388 g/mol. The molecule has 1 saturated heterocycles. The highest BCUT2D eigenvalue weighted by molar-refractivity contribution is 7.87. The summed E-state index contributed by atoms with van der Waals surface area (Å²) in [5, 5.41) is 8.85. The van der Waals surface area contributed by atoms with Crippen LogP contribution in [0.2, 0.25) is 0 Å². The standard InChI is InChI=1S/C23H19O5S/c24-17-12-10-16(11-13-17)21-19-14-20(23(27-19)22(21)15-6-4-5-7-15)29(25,26)28-18-8-2-1-3-9-18/h1-13,19-20,23-24H,14H2/t19-,20?,23+/m1/s1. The van der Waals surface area contributed by atoms with Gasteiger partial charge in [0.1, 0.15) is 22.9 Å². The fraction of sp³-hybridized carbons (Fsp3) is 0.174. The van der Waals surface area contributed by atoms with Crippen molar-refractivity contribution in [2.75, 3.05) is 0 Å². The first-order valence-electron chi connectivity index (χ1n) is 9.42. The van der Waals surface area contributed by atoms with Gasteiger partial charge in [0.2, 0.25) is 0 Å². The lowest BCUT2D eigenvalue weighted by Gasteiger charge is -2.27. The van der Waals surface area contributed by atoms with Gasteiger partial charge in [0.05, 0.1) is 6.10 Å². The summed E-state index contributed by atoms with van der Waals surface area (Å²) >= 11 is 0. The number of phenolic OH excluding ortho intramolecular Hbond substituents is 1. The minimum Gasteiger partial charge on any atom is -0.508 e. The zero-order valence-electron chi connectivity index (χ0n) is 15.4. The summed E-state index contributed by atoms with van der Waals surface area (Å²) in [7, 11) is -3.88. The molecule has 29 heavy (non-hydrogen) atoms. The first kappa shape index (κ1) is 18.7. The minimum atomic E-state index is -3.88. The fourth-order valence-electron chi connectivity index (χ4n) is 4.22. The highest BCUT2D eigenvalue weighted by Crippen LogP contribution is 2.52. The van der Waals surface area contributed by atoms with Gasteiger partial charge in [-0.25, -0.2) is 0 Å². The van der Waals surface area contributed by atoms with Crippen LogP contribution in [0, 0.1) is 31.6 Å². The molecule has 147 valence electrons. The molecule has 1 aliphatic carbocycles. The number of aromatic hydroxyl groups is 1. The van der Waals surface area contributed by atoms with E-state index in [4.69, 9.17) is 8.92 Å². The topological polar surface area (TPSA) is 72.8 Å². The van der Waals surface area contributed by atoms with E-state index in [-0.39, 0.29) is 11.9 Å². The average molecular weight is 407 g/mol. The van der Waals surface area contributed by atoms with Crippen molar-refractivity contribution in [3.63, 3.8) is 0 Å². The van der Waals surface area contributed by atoms with Crippen molar-refractivity contribution in [2.45, 2.75) is 23.9 Å². The SMILES string of the molecule is O=S(=O)(Oc1ccccc1)C1C[C@H]2O[C@@H]1C([C]1[CH][CH][CH][CH]1)=C2c1ccc(O)cc1. The summed E-state index contributed by atoms with van der Waals surface area (Å²) in [6.45, 7) is 0. The van der Waals surface area contributed by atoms with Crippen LogP contribution >= 0.6 is 0 Å². The van der Waals surface area contributed by atoms with Crippen LogP contribution in [-0.2, 0) is 14.9 Å². The quantitative estimate of drug-likeness (QED) is 0.768. The van der Waals surface area contributed by atoms with E-state index in [1.54, 1.807) is 42.5 Å². The van der Waals surface area contributed by atoms with Crippen molar-refractivity contribution in [1.82, 2.24) is 0 Å². The van der Waals surface area contributed by atoms with Crippen molar-refractivity contribution < 1.29 is 22.4 Å². The van der Waals surface area contributed by atoms with Crippen LogP contribution < -0.4 is 4.18 Å². The number of benzene rings is 2. The minimum absolute atomic E-state index is 0.185. The Kier molecular flexibility index (Phi) is 4.63. The predicted molar refractivity (Wildman–Crippen MR) is 109 cm³/mol. The molecular formula is C23H19O5S. The Morgan fingerprint density at radius 3 is 2.31 bits per heavy atom. The summed E-state index contributed by atoms with van der Waals surface area (Å²) in [6.07, 6.45) is 7.16. The fourth-order valence-corrected chi connectivity index (χ4v) is 5.63. The third kappa shape index (κ3) is 3.34. The molecule has 2 bridgehead atoms. The monoisotopic (exact) mass is 407 g/mol. The first-order chi connectivity index (χ1) is 14.0. The highest BCUT2D eigenvalue weighted by Gasteiger charge is 2.55. The van der Waals surface area contributed by atoms with Gasteiger partial charge in [0, 0.05) is 12.3 Å². The summed E-state index contributed by atoms with van der Waals surface area (Å²) in [5.41, 5.74) is 2.78. The van der Waals surface area contributed by atoms with Gasteiger partial charge < -0.3 is 14.0 Å². The zero-order chi connectivity index (χ0) is 20.0. The van der Waals surface area contributed by atoms with E-state index in [1.807, 2.05) is 37.8 Å². The van der Waals surface area contributed by atoms with Crippen molar-refractivity contribution in [3.8, 4) is 11.5 Å². The second-order valence-electron chi connectivity index (χ2n) is 7.26. The van der Waals surface area contributed by atoms with Gasteiger partial charge in [-0.15, -0.1) is 0 Å². The Hall–Kier alpha value is -2.31. The molecule has 2 aromatic rings. The Morgan fingerprint density at radius 1 is 0.931 bits per heavy atom. The third-order valence-corrected chi connectivity index (χ3v) is 7.08. The largest absolute Gasteiger partial charge is 0.508 e. The third-order valence-electron chi connectivity index (χ3n) is 5.47. The molecule has 3 atom stereocenters. The van der Waals surface area contributed by atoms with E-state index in [2.05, 4.69) is 0 Å². The molecule has 0 aromatic heterocycles. The van der Waals surface area contributed by atoms with Gasteiger partial charge >= 0.3 is 10.1 Å². The van der Waals surface area contributed by atoms with Crippen molar-refractivity contribution in [1.29, 1.82) is 0 Å². The lowest BCUT2D eigenvalue weighted by Crippen LogP contribution is -2.37. The molecule has 1 N–H and O–H groups in total. The lowest BCUT2D eigenvalue weighted by atomic mass is 9.80. The van der Waals surface area contributed by atoms with Gasteiger partial charge in [-0.2, -0.15) is 8.42 Å². The number of hydrogen-bond donors (Lipinski definition) is 1. The van der Waals surface area contributed by atoms with Gasteiger partial charge in [-0.05, 0) is 66.7 Å². The second-order valence-corrected chi connectivity index (χ2v) is 9.01. The van der Waals surface area contributed by atoms with Gasteiger partial charge in [-0.1, -0.05) is 30.3 Å². The van der Waals surface area contributed by atoms with E-state index in [9.17, 15) is 13.5 Å². The number of hydrogen-bond acceptors (Lipinski definition) is 5. The van der Waals surface area contributed by atoms with E-state index in [1.165, 1.54) is 0 Å². The number of ether oxygens (including phenoxy) is 1. The molecule has 1 unspecified atom stereocenters. The molecule has 2 fully saturated rings. The van der Waals surface area contributed by atoms with Crippen LogP contribution in [-0.4, -0.2) is 31.0 Å². The Morgan fingerprint density at radius 2 is 1.62 bits per heavy atom. The molecule has 3 aliphatic rings. The maximum absolute atomic E-state index is 13.0. The van der Waals surface area contributed by atoms with Gasteiger partial charge in [-0.3, -0.25) is 0 Å². The van der Waals surface area contributed by atoms with Crippen LogP contribution in [0.25, 0.3) is 5.57 Å². The van der Waals surface area contributed by atoms with Crippen molar-refractivity contribution in [2.24, 2.45) is 0 Å². The van der Waals surface area contributed by atoms with Crippen LogP contribution in [0.5, 0.6) is 11.5 Å². The van der Waals surface area contributed by atoms with Crippen LogP contribution in [0.15, 0.2) is 60.2 Å². The molecule has 5 radical (unpaired) electrons.